The second-order valence-corrected chi connectivity index (χ2v) is 5.07. The summed E-state index contributed by atoms with van der Waals surface area (Å²) in [4.78, 5) is 8.46. The Kier molecular flexibility index (Phi) is 4.79. The fourth-order valence-corrected chi connectivity index (χ4v) is 2.02. The van der Waals surface area contributed by atoms with Crippen LogP contribution in [0, 0.1) is 0 Å². The molecule has 5 nitrogen and oxygen atoms in total. The topological polar surface area (TPSA) is 60.2 Å². The molecule has 19 heavy (non-hydrogen) atoms. The number of ether oxygens (including phenoxy) is 1. The maximum absolute atomic E-state index is 5.30. The largest absolute Gasteiger partial charge is 0.480 e. The van der Waals surface area contributed by atoms with Crippen molar-refractivity contribution in [2.24, 2.45) is 0 Å². The molecule has 0 fully saturated rings. The molecule has 0 aliphatic rings. The lowest BCUT2D eigenvalue weighted by Gasteiger charge is -2.13. The normalized spacial score (nSPS) is 12.2. The number of anilines is 1. The van der Waals surface area contributed by atoms with Gasteiger partial charge >= 0.3 is 0 Å². The predicted molar refractivity (Wildman–Crippen MR) is 76.4 cm³/mol. The molecule has 1 N–H and O–H groups in total. The second-order valence-electron chi connectivity index (χ2n) is 4.21. The molecule has 0 amide bonds. The van der Waals surface area contributed by atoms with Crippen LogP contribution in [0.5, 0.6) is 5.88 Å². The zero-order chi connectivity index (χ0) is 13.7. The Balaban J connectivity index is 1.89. The number of furan rings is 1. The molecular formula is C13H16BrN3O2. The summed E-state index contributed by atoms with van der Waals surface area (Å²) >= 11 is 3.32. The molecular weight excluding hydrogens is 310 g/mol. The minimum Gasteiger partial charge on any atom is -0.480 e. The van der Waals surface area contributed by atoms with Gasteiger partial charge in [-0.3, -0.25) is 0 Å². The van der Waals surface area contributed by atoms with Gasteiger partial charge in [-0.25, -0.2) is 4.98 Å². The highest BCUT2D eigenvalue weighted by molar-refractivity contribution is 9.10. The molecule has 1 atom stereocenters. The van der Waals surface area contributed by atoms with E-state index in [0.29, 0.717) is 11.8 Å². The van der Waals surface area contributed by atoms with Crippen molar-refractivity contribution in [3.63, 3.8) is 0 Å². The van der Waals surface area contributed by atoms with E-state index in [4.69, 9.17) is 9.15 Å². The molecule has 0 radical (unpaired) electrons. The van der Waals surface area contributed by atoms with Crippen LogP contribution in [-0.2, 0) is 6.42 Å². The second kappa shape index (κ2) is 6.56. The lowest BCUT2D eigenvalue weighted by Crippen LogP contribution is -2.18. The van der Waals surface area contributed by atoms with Crippen molar-refractivity contribution in [3.8, 4) is 5.88 Å². The van der Waals surface area contributed by atoms with E-state index in [-0.39, 0.29) is 6.04 Å². The summed E-state index contributed by atoms with van der Waals surface area (Å²) in [5, 5.41) is 3.24. The zero-order valence-corrected chi connectivity index (χ0v) is 12.5. The Bertz CT molecular complexity index is 517. The van der Waals surface area contributed by atoms with Gasteiger partial charge in [-0.15, -0.1) is 0 Å². The highest BCUT2D eigenvalue weighted by Crippen LogP contribution is 2.22. The third kappa shape index (κ3) is 3.96. The SMILES string of the molecule is COc1nc(NC(C)CCc2ccco2)ncc1Br. The van der Waals surface area contributed by atoms with Crippen molar-refractivity contribution in [2.45, 2.75) is 25.8 Å². The Hall–Kier alpha value is -1.56. The van der Waals surface area contributed by atoms with E-state index in [1.807, 2.05) is 12.1 Å². The van der Waals surface area contributed by atoms with E-state index >= 15 is 0 Å². The van der Waals surface area contributed by atoms with E-state index in [1.54, 1.807) is 19.6 Å². The lowest BCUT2D eigenvalue weighted by atomic mass is 10.1. The third-order valence-corrected chi connectivity index (χ3v) is 3.23. The van der Waals surface area contributed by atoms with E-state index < -0.39 is 0 Å². The Labute approximate surface area is 120 Å². The molecule has 0 aliphatic heterocycles. The first-order chi connectivity index (χ1) is 9.19. The monoisotopic (exact) mass is 325 g/mol. The number of nitrogens with one attached hydrogen (secondary N) is 1. The van der Waals surface area contributed by atoms with Gasteiger partial charge in [0.25, 0.3) is 0 Å². The van der Waals surface area contributed by atoms with Gasteiger partial charge in [0.15, 0.2) is 0 Å². The molecule has 0 aliphatic carbocycles. The van der Waals surface area contributed by atoms with Crippen molar-refractivity contribution in [1.82, 2.24) is 9.97 Å². The van der Waals surface area contributed by atoms with E-state index in [9.17, 15) is 0 Å². The van der Waals surface area contributed by atoms with Gasteiger partial charge in [-0.2, -0.15) is 4.98 Å². The number of hydrogen-bond donors (Lipinski definition) is 1. The summed E-state index contributed by atoms with van der Waals surface area (Å²) in [7, 11) is 1.58. The summed E-state index contributed by atoms with van der Waals surface area (Å²) in [5.74, 6) is 2.07. The highest BCUT2D eigenvalue weighted by atomic mass is 79.9. The smallest absolute Gasteiger partial charge is 0.232 e. The van der Waals surface area contributed by atoms with Crippen LogP contribution in [0.25, 0.3) is 0 Å². The molecule has 0 aromatic carbocycles. The van der Waals surface area contributed by atoms with Crippen LogP contribution in [0.2, 0.25) is 0 Å². The van der Waals surface area contributed by atoms with Crippen molar-refractivity contribution in [2.75, 3.05) is 12.4 Å². The molecule has 6 heteroatoms. The molecule has 2 rings (SSSR count). The zero-order valence-electron chi connectivity index (χ0n) is 10.9. The van der Waals surface area contributed by atoms with Crippen LogP contribution in [0.1, 0.15) is 19.1 Å². The molecule has 0 bridgehead atoms. The lowest BCUT2D eigenvalue weighted by molar-refractivity contribution is 0.394. The maximum atomic E-state index is 5.30. The quantitative estimate of drug-likeness (QED) is 0.883. The molecule has 1 unspecified atom stereocenters. The fraction of sp³-hybridized carbons (Fsp3) is 0.385. The average Bonchev–Trinajstić information content (AvgIpc) is 2.92. The van der Waals surface area contributed by atoms with Crippen molar-refractivity contribution >= 4 is 21.9 Å². The van der Waals surface area contributed by atoms with Gasteiger partial charge in [0.2, 0.25) is 11.8 Å². The first-order valence-corrected chi connectivity index (χ1v) is 6.84. The molecule has 2 aromatic heterocycles. The number of hydrogen-bond acceptors (Lipinski definition) is 5. The Morgan fingerprint density at radius 2 is 2.37 bits per heavy atom. The number of halogens is 1. The van der Waals surface area contributed by atoms with Crippen molar-refractivity contribution in [1.29, 1.82) is 0 Å². The predicted octanol–water partition coefficient (Wildman–Crippen LogP) is 3.27. The van der Waals surface area contributed by atoms with E-state index in [1.165, 1.54) is 0 Å². The summed E-state index contributed by atoms with van der Waals surface area (Å²) < 4.78 is 11.2. The van der Waals surface area contributed by atoms with Crippen LogP contribution in [-0.4, -0.2) is 23.1 Å². The number of nitrogens with zero attached hydrogens (tertiary/aromatic N) is 2. The van der Waals surface area contributed by atoms with E-state index in [2.05, 4.69) is 38.1 Å². The molecule has 2 aromatic rings. The van der Waals surface area contributed by atoms with Crippen LogP contribution in [0.15, 0.2) is 33.5 Å². The summed E-state index contributed by atoms with van der Waals surface area (Å²) in [6.07, 6.45) is 5.19. The molecule has 102 valence electrons. The number of aromatic nitrogens is 2. The fourth-order valence-electron chi connectivity index (χ4n) is 1.67. The van der Waals surface area contributed by atoms with Crippen molar-refractivity contribution in [3.05, 3.63) is 34.8 Å². The number of rotatable bonds is 6. The number of methoxy groups -OCH3 is 1. The van der Waals surface area contributed by atoms with Crippen LogP contribution in [0.3, 0.4) is 0 Å². The van der Waals surface area contributed by atoms with Gasteiger partial charge < -0.3 is 14.5 Å². The molecule has 0 spiro atoms. The summed E-state index contributed by atoms with van der Waals surface area (Å²) in [6.45, 7) is 2.08. The van der Waals surface area contributed by atoms with Crippen molar-refractivity contribution < 1.29 is 9.15 Å². The average molecular weight is 326 g/mol. The Morgan fingerprint density at radius 3 is 3.05 bits per heavy atom. The minimum absolute atomic E-state index is 0.246. The highest BCUT2D eigenvalue weighted by Gasteiger charge is 2.09. The molecule has 2 heterocycles. The van der Waals surface area contributed by atoms with E-state index in [0.717, 1.165) is 23.1 Å². The van der Waals surface area contributed by atoms with Crippen LogP contribution in [0.4, 0.5) is 5.95 Å². The molecule has 0 saturated heterocycles. The van der Waals surface area contributed by atoms with Gasteiger partial charge in [0, 0.05) is 12.5 Å². The maximum Gasteiger partial charge on any atom is 0.232 e. The summed E-state index contributed by atoms with van der Waals surface area (Å²) in [6, 6.07) is 4.12. The minimum atomic E-state index is 0.246. The third-order valence-electron chi connectivity index (χ3n) is 2.68. The van der Waals surface area contributed by atoms with Crippen LogP contribution >= 0.6 is 15.9 Å². The first-order valence-electron chi connectivity index (χ1n) is 6.04. The first kappa shape index (κ1) is 13.9. The number of aryl methyl sites for hydroxylation is 1. The Morgan fingerprint density at radius 1 is 1.53 bits per heavy atom. The standard InChI is InChI=1S/C13H16BrN3O2/c1-9(5-6-10-4-3-7-19-10)16-13-15-8-11(14)12(17-13)18-2/h3-4,7-9H,5-6H2,1-2H3,(H,15,16,17). The van der Waals surface area contributed by atoms with Gasteiger partial charge in [0.1, 0.15) is 5.76 Å². The summed E-state index contributed by atoms with van der Waals surface area (Å²) in [5.41, 5.74) is 0. The van der Waals surface area contributed by atoms with Gasteiger partial charge in [-0.1, -0.05) is 0 Å². The van der Waals surface area contributed by atoms with Gasteiger partial charge in [0.05, 0.1) is 24.0 Å². The van der Waals surface area contributed by atoms with Gasteiger partial charge in [-0.05, 0) is 41.4 Å². The molecule has 0 saturated carbocycles. The van der Waals surface area contributed by atoms with Crippen LogP contribution < -0.4 is 10.1 Å².